The van der Waals surface area contributed by atoms with Crippen LogP contribution in [-0.4, -0.2) is 72.6 Å². The second-order valence-electron chi connectivity index (χ2n) is 5.44. The van der Waals surface area contributed by atoms with Crippen LogP contribution in [0.5, 0.6) is 0 Å². The molecule has 0 unspecified atom stereocenters. The van der Waals surface area contributed by atoms with Gasteiger partial charge in [-0.05, 0) is 26.2 Å². The summed E-state index contributed by atoms with van der Waals surface area (Å²) < 4.78 is 10.4. The fourth-order valence-corrected chi connectivity index (χ4v) is 2.01. The van der Waals surface area contributed by atoms with Gasteiger partial charge in [-0.2, -0.15) is 0 Å². The van der Waals surface area contributed by atoms with Crippen molar-refractivity contribution in [1.29, 1.82) is 0 Å². The molecule has 1 N–H and O–H groups in total. The van der Waals surface area contributed by atoms with Crippen molar-refractivity contribution in [3.05, 3.63) is 24.3 Å². The molecule has 5 heteroatoms. The van der Waals surface area contributed by atoms with E-state index in [1.165, 1.54) is 5.69 Å². The summed E-state index contributed by atoms with van der Waals surface area (Å²) in [5.41, 5.74) is 2.13. The SMILES string of the molecule is COCC(COC)Nc1[c]ccc(N(C)CCN(C)C)c1. The van der Waals surface area contributed by atoms with Gasteiger partial charge in [-0.1, -0.05) is 6.07 Å². The highest BCUT2D eigenvalue weighted by Gasteiger charge is 2.09. The largest absolute Gasteiger partial charge is 0.382 e. The molecule has 0 aromatic heterocycles. The molecule has 1 radical (unpaired) electrons. The minimum absolute atomic E-state index is 0.124. The number of likely N-dealkylation sites (N-methyl/N-ethyl adjacent to an activating group) is 2. The molecule has 0 atom stereocenters. The van der Waals surface area contributed by atoms with Crippen molar-refractivity contribution in [2.75, 3.05) is 71.9 Å². The minimum atomic E-state index is 0.124. The second kappa shape index (κ2) is 9.60. The van der Waals surface area contributed by atoms with Crippen LogP contribution in [-0.2, 0) is 9.47 Å². The summed E-state index contributed by atoms with van der Waals surface area (Å²) in [5.74, 6) is 0. The summed E-state index contributed by atoms with van der Waals surface area (Å²) in [5, 5.41) is 3.40. The lowest BCUT2D eigenvalue weighted by Crippen LogP contribution is -2.30. The molecule has 5 nitrogen and oxygen atoms in total. The van der Waals surface area contributed by atoms with Crippen molar-refractivity contribution in [2.24, 2.45) is 0 Å². The van der Waals surface area contributed by atoms with Crippen LogP contribution < -0.4 is 10.2 Å². The maximum absolute atomic E-state index is 5.20. The standard InChI is InChI=1S/C16H28N3O2/c1-18(2)9-10-19(3)16-8-6-7-14(11-16)17-15(12-20-4)13-21-5/h6,8,11,15,17H,9-10,12-13H2,1-5H3. The van der Waals surface area contributed by atoms with E-state index in [9.17, 15) is 0 Å². The summed E-state index contributed by atoms with van der Waals surface area (Å²) in [7, 11) is 9.66. The van der Waals surface area contributed by atoms with E-state index in [2.05, 4.69) is 54.5 Å². The molecule has 119 valence electrons. The fraction of sp³-hybridized carbons (Fsp3) is 0.625. The van der Waals surface area contributed by atoms with Gasteiger partial charge in [0.05, 0.1) is 19.3 Å². The Balaban J connectivity index is 2.65. The topological polar surface area (TPSA) is 37.0 Å². The third kappa shape index (κ3) is 6.80. The quantitative estimate of drug-likeness (QED) is 0.709. The van der Waals surface area contributed by atoms with Crippen molar-refractivity contribution in [3.8, 4) is 0 Å². The van der Waals surface area contributed by atoms with Gasteiger partial charge in [-0.25, -0.2) is 0 Å². The highest BCUT2D eigenvalue weighted by Crippen LogP contribution is 2.18. The van der Waals surface area contributed by atoms with E-state index in [1.807, 2.05) is 6.07 Å². The van der Waals surface area contributed by atoms with Gasteiger partial charge < -0.3 is 24.6 Å². The monoisotopic (exact) mass is 294 g/mol. The Morgan fingerprint density at radius 2 is 1.81 bits per heavy atom. The molecule has 1 rings (SSSR count). The molecule has 21 heavy (non-hydrogen) atoms. The molecule has 0 spiro atoms. The number of methoxy groups -OCH3 is 2. The lowest BCUT2D eigenvalue weighted by atomic mass is 10.2. The van der Waals surface area contributed by atoms with Crippen LogP contribution in [0, 0.1) is 6.07 Å². The van der Waals surface area contributed by atoms with E-state index < -0.39 is 0 Å². The number of anilines is 2. The molecule has 0 aliphatic heterocycles. The number of nitrogens with zero attached hydrogens (tertiary/aromatic N) is 2. The molecular weight excluding hydrogens is 266 g/mol. The highest BCUT2D eigenvalue weighted by atomic mass is 16.5. The van der Waals surface area contributed by atoms with Gasteiger partial charge in [0.1, 0.15) is 0 Å². The van der Waals surface area contributed by atoms with Crippen LogP contribution in [0.15, 0.2) is 18.2 Å². The zero-order valence-corrected chi connectivity index (χ0v) is 13.8. The molecule has 0 saturated heterocycles. The third-order valence-corrected chi connectivity index (χ3v) is 3.20. The lowest BCUT2D eigenvalue weighted by molar-refractivity contribution is 0.126. The Morgan fingerprint density at radius 1 is 1.14 bits per heavy atom. The van der Waals surface area contributed by atoms with Gasteiger partial charge in [0.25, 0.3) is 0 Å². The molecular formula is C16H28N3O2. The average molecular weight is 294 g/mol. The summed E-state index contributed by atoms with van der Waals surface area (Å²) in [6.45, 7) is 3.20. The number of rotatable bonds is 10. The van der Waals surface area contributed by atoms with E-state index in [0.29, 0.717) is 13.2 Å². The Morgan fingerprint density at radius 3 is 2.38 bits per heavy atom. The molecule has 0 heterocycles. The van der Waals surface area contributed by atoms with Crippen LogP contribution >= 0.6 is 0 Å². The van der Waals surface area contributed by atoms with Gasteiger partial charge in [0, 0.05) is 51.8 Å². The Labute approximate surface area is 128 Å². The van der Waals surface area contributed by atoms with E-state index in [0.717, 1.165) is 18.8 Å². The lowest BCUT2D eigenvalue weighted by Gasteiger charge is -2.23. The van der Waals surface area contributed by atoms with Crippen molar-refractivity contribution in [2.45, 2.75) is 6.04 Å². The highest BCUT2D eigenvalue weighted by molar-refractivity contribution is 5.57. The van der Waals surface area contributed by atoms with Crippen LogP contribution in [0.1, 0.15) is 0 Å². The number of benzene rings is 1. The number of hydrogen-bond donors (Lipinski definition) is 1. The van der Waals surface area contributed by atoms with Crippen molar-refractivity contribution in [1.82, 2.24) is 4.90 Å². The van der Waals surface area contributed by atoms with E-state index in [-0.39, 0.29) is 6.04 Å². The van der Waals surface area contributed by atoms with Gasteiger partial charge in [-0.3, -0.25) is 0 Å². The van der Waals surface area contributed by atoms with Crippen LogP contribution in [0.4, 0.5) is 11.4 Å². The number of ether oxygens (including phenoxy) is 2. The zero-order chi connectivity index (χ0) is 15.7. The summed E-state index contributed by atoms with van der Waals surface area (Å²) >= 11 is 0. The Kier molecular flexibility index (Phi) is 8.12. The normalized spacial score (nSPS) is 11.2. The molecule has 0 fully saturated rings. The first kappa shape index (κ1) is 17.8. The van der Waals surface area contributed by atoms with Gasteiger partial charge in [-0.15, -0.1) is 0 Å². The Bertz CT molecular complexity index is 393. The molecule has 1 aromatic rings. The third-order valence-electron chi connectivity index (χ3n) is 3.20. The molecule has 1 aromatic carbocycles. The van der Waals surface area contributed by atoms with Crippen molar-refractivity contribution >= 4 is 11.4 Å². The average Bonchev–Trinajstić information content (AvgIpc) is 2.45. The van der Waals surface area contributed by atoms with E-state index in [4.69, 9.17) is 9.47 Å². The van der Waals surface area contributed by atoms with E-state index >= 15 is 0 Å². The predicted molar refractivity (Wildman–Crippen MR) is 88.3 cm³/mol. The minimum Gasteiger partial charge on any atom is -0.382 e. The number of hydrogen-bond acceptors (Lipinski definition) is 5. The molecule has 0 aliphatic rings. The van der Waals surface area contributed by atoms with Gasteiger partial charge in [0.2, 0.25) is 0 Å². The van der Waals surface area contributed by atoms with E-state index in [1.54, 1.807) is 14.2 Å². The first-order valence-electron chi connectivity index (χ1n) is 7.18. The van der Waals surface area contributed by atoms with Crippen molar-refractivity contribution < 1.29 is 9.47 Å². The molecule has 0 bridgehead atoms. The maximum Gasteiger partial charge on any atom is 0.0728 e. The first-order valence-corrected chi connectivity index (χ1v) is 7.18. The zero-order valence-electron chi connectivity index (χ0n) is 13.8. The smallest absolute Gasteiger partial charge is 0.0728 e. The van der Waals surface area contributed by atoms with Gasteiger partial charge >= 0.3 is 0 Å². The molecule has 0 aliphatic carbocycles. The first-order chi connectivity index (χ1) is 10.1. The Hall–Kier alpha value is -1.30. The summed E-state index contributed by atoms with van der Waals surface area (Å²) in [4.78, 5) is 4.42. The summed E-state index contributed by atoms with van der Waals surface area (Å²) in [6, 6.07) is 9.46. The summed E-state index contributed by atoms with van der Waals surface area (Å²) in [6.07, 6.45) is 0. The predicted octanol–water partition coefficient (Wildman–Crippen LogP) is 1.56. The van der Waals surface area contributed by atoms with Crippen molar-refractivity contribution in [3.63, 3.8) is 0 Å². The maximum atomic E-state index is 5.20. The van der Waals surface area contributed by atoms with Crippen LogP contribution in [0.2, 0.25) is 0 Å². The molecule has 0 saturated carbocycles. The fourth-order valence-electron chi connectivity index (χ4n) is 2.01. The molecule has 0 amide bonds. The van der Waals surface area contributed by atoms with Gasteiger partial charge in [0.15, 0.2) is 0 Å². The second-order valence-corrected chi connectivity index (χ2v) is 5.44. The van der Waals surface area contributed by atoms with Crippen LogP contribution in [0.3, 0.4) is 0 Å². The van der Waals surface area contributed by atoms with Crippen LogP contribution in [0.25, 0.3) is 0 Å². The number of nitrogens with one attached hydrogen (secondary N) is 1.